The fraction of sp³-hybridized carbons (Fsp3) is 0.667. The highest BCUT2D eigenvalue weighted by Gasteiger charge is 2.44. The first kappa shape index (κ1) is 9.12. The summed E-state index contributed by atoms with van der Waals surface area (Å²) in [5.41, 5.74) is 3.32. The van der Waals surface area contributed by atoms with Crippen LogP contribution in [0.2, 0.25) is 0 Å². The highest BCUT2D eigenvalue weighted by atomic mass is 32.1. The van der Waals surface area contributed by atoms with E-state index in [0.717, 1.165) is 5.69 Å². The van der Waals surface area contributed by atoms with Gasteiger partial charge in [-0.15, -0.1) is 11.3 Å². The molecule has 0 bridgehead atoms. The van der Waals surface area contributed by atoms with Gasteiger partial charge in [-0.1, -0.05) is 0 Å². The largest absolute Gasteiger partial charge is 0.347 e. The van der Waals surface area contributed by atoms with E-state index in [-0.39, 0.29) is 0 Å². The summed E-state index contributed by atoms with van der Waals surface area (Å²) < 4.78 is 11.3. The maximum Gasteiger partial charge on any atom is 0.164 e. The van der Waals surface area contributed by atoms with Crippen LogP contribution in [0.15, 0.2) is 5.38 Å². The van der Waals surface area contributed by atoms with Crippen molar-refractivity contribution in [2.24, 2.45) is 0 Å². The molecule has 1 aromatic heterocycles. The number of nitrogens with zero attached hydrogens (tertiary/aromatic N) is 1. The number of rotatable bonds is 1. The fourth-order valence-electron chi connectivity index (χ4n) is 1.47. The zero-order chi connectivity index (χ0) is 9.53. The Labute approximate surface area is 81.7 Å². The molecule has 13 heavy (non-hydrogen) atoms. The second-order valence-corrected chi connectivity index (χ2v) is 4.50. The molecule has 1 fully saturated rings. The zero-order valence-electron chi connectivity index (χ0n) is 7.96. The number of ether oxygens (including phenoxy) is 2. The average Bonchev–Trinajstić information content (AvgIpc) is 2.58. The lowest BCUT2D eigenvalue weighted by molar-refractivity contribution is -0.160. The Hall–Kier alpha value is -0.450. The third-order valence-corrected chi connectivity index (χ3v) is 2.64. The molecule has 2 heterocycles. The molecule has 0 aliphatic carbocycles. The van der Waals surface area contributed by atoms with Gasteiger partial charge in [0.2, 0.25) is 0 Å². The molecule has 2 rings (SSSR count). The van der Waals surface area contributed by atoms with Crippen molar-refractivity contribution in [3.8, 4) is 0 Å². The van der Waals surface area contributed by atoms with Crippen LogP contribution in [0.25, 0.3) is 0 Å². The van der Waals surface area contributed by atoms with E-state index < -0.39 is 11.4 Å². The first-order chi connectivity index (χ1) is 6.02. The molecule has 1 aliphatic heterocycles. The molecule has 1 saturated heterocycles. The standard InChI is InChI=1S/C9H12NO2S/c1-8(2)11-5-9(3,12-8)7-4-13-6-10-7/h4H,5H2,1-3H3. The van der Waals surface area contributed by atoms with Crippen LogP contribution >= 0.6 is 11.3 Å². The minimum absolute atomic E-state index is 0.403. The van der Waals surface area contributed by atoms with Crippen molar-refractivity contribution in [1.82, 2.24) is 4.98 Å². The lowest BCUT2D eigenvalue weighted by Gasteiger charge is -2.23. The smallest absolute Gasteiger partial charge is 0.164 e. The highest BCUT2D eigenvalue weighted by molar-refractivity contribution is 7.07. The van der Waals surface area contributed by atoms with Crippen LogP contribution in [-0.2, 0) is 15.1 Å². The minimum Gasteiger partial charge on any atom is -0.347 e. The van der Waals surface area contributed by atoms with Crippen LogP contribution in [0.3, 0.4) is 0 Å². The van der Waals surface area contributed by atoms with Crippen molar-refractivity contribution in [3.05, 3.63) is 16.6 Å². The van der Waals surface area contributed by atoms with Gasteiger partial charge >= 0.3 is 0 Å². The summed E-state index contributed by atoms with van der Waals surface area (Å²) in [6.07, 6.45) is 0. The van der Waals surface area contributed by atoms with Gasteiger partial charge in [-0.3, -0.25) is 0 Å². The summed E-state index contributed by atoms with van der Waals surface area (Å²) in [5.74, 6) is -0.502. The second kappa shape index (κ2) is 2.77. The maximum atomic E-state index is 5.78. The Morgan fingerprint density at radius 3 is 2.77 bits per heavy atom. The molecule has 0 aromatic carbocycles. The molecule has 1 aliphatic rings. The van der Waals surface area contributed by atoms with Gasteiger partial charge < -0.3 is 9.47 Å². The van der Waals surface area contributed by atoms with Crippen molar-refractivity contribution in [2.45, 2.75) is 32.2 Å². The molecule has 1 unspecified atom stereocenters. The van der Waals surface area contributed by atoms with E-state index in [1.165, 1.54) is 11.3 Å². The third-order valence-electron chi connectivity index (χ3n) is 2.10. The SMILES string of the molecule is CC1(C)OCC(C)(c2cs[c]n2)O1. The lowest BCUT2D eigenvalue weighted by Crippen LogP contribution is -2.28. The van der Waals surface area contributed by atoms with E-state index in [4.69, 9.17) is 9.47 Å². The summed E-state index contributed by atoms with van der Waals surface area (Å²) in [6.45, 7) is 6.37. The second-order valence-electron chi connectivity index (χ2n) is 3.85. The Morgan fingerprint density at radius 1 is 1.54 bits per heavy atom. The average molecular weight is 198 g/mol. The summed E-state index contributed by atoms with van der Waals surface area (Å²) in [5, 5.41) is 1.95. The third kappa shape index (κ3) is 1.61. The van der Waals surface area contributed by atoms with E-state index in [2.05, 4.69) is 10.5 Å². The molecule has 0 spiro atoms. The molecular formula is C9H12NO2S. The Morgan fingerprint density at radius 2 is 2.31 bits per heavy atom. The van der Waals surface area contributed by atoms with Crippen LogP contribution in [-0.4, -0.2) is 17.4 Å². The van der Waals surface area contributed by atoms with Gasteiger partial charge in [0.25, 0.3) is 0 Å². The molecule has 0 N–H and O–H groups in total. The van der Waals surface area contributed by atoms with Gasteiger partial charge in [0.05, 0.1) is 12.3 Å². The van der Waals surface area contributed by atoms with Crippen LogP contribution in [0, 0.1) is 5.51 Å². The van der Waals surface area contributed by atoms with Crippen LogP contribution < -0.4 is 0 Å². The quantitative estimate of drug-likeness (QED) is 0.691. The number of hydrogen-bond acceptors (Lipinski definition) is 4. The zero-order valence-corrected chi connectivity index (χ0v) is 8.77. The van der Waals surface area contributed by atoms with E-state index in [9.17, 15) is 0 Å². The summed E-state index contributed by atoms with van der Waals surface area (Å²) >= 11 is 1.45. The van der Waals surface area contributed by atoms with E-state index in [1.807, 2.05) is 26.2 Å². The molecular weight excluding hydrogens is 186 g/mol. The van der Waals surface area contributed by atoms with Crippen LogP contribution in [0.5, 0.6) is 0 Å². The lowest BCUT2D eigenvalue weighted by atomic mass is 10.1. The van der Waals surface area contributed by atoms with Crippen molar-refractivity contribution < 1.29 is 9.47 Å². The van der Waals surface area contributed by atoms with Gasteiger partial charge in [0.1, 0.15) is 5.60 Å². The Bertz CT molecular complexity index is 297. The van der Waals surface area contributed by atoms with E-state index in [0.29, 0.717) is 6.61 Å². The van der Waals surface area contributed by atoms with Crippen LogP contribution in [0.1, 0.15) is 26.5 Å². The van der Waals surface area contributed by atoms with Gasteiger partial charge in [-0.2, -0.15) is 0 Å². The Kier molecular flexibility index (Phi) is 1.94. The van der Waals surface area contributed by atoms with Crippen molar-refractivity contribution in [1.29, 1.82) is 0 Å². The number of hydrogen-bond donors (Lipinski definition) is 0. The van der Waals surface area contributed by atoms with Gasteiger partial charge in [0, 0.05) is 5.38 Å². The molecule has 1 atom stereocenters. The first-order valence-electron chi connectivity index (χ1n) is 4.18. The molecule has 0 saturated carbocycles. The van der Waals surface area contributed by atoms with Gasteiger partial charge in [-0.05, 0) is 20.8 Å². The molecule has 1 radical (unpaired) electrons. The number of thiazole rings is 1. The fourth-order valence-corrected chi connectivity index (χ4v) is 2.08. The van der Waals surface area contributed by atoms with Crippen molar-refractivity contribution in [2.75, 3.05) is 6.61 Å². The first-order valence-corrected chi connectivity index (χ1v) is 5.06. The number of aromatic nitrogens is 1. The molecule has 3 nitrogen and oxygen atoms in total. The Balaban J connectivity index is 2.25. The van der Waals surface area contributed by atoms with Gasteiger partial charge in [0.15, 0.2) is 11.3 Å². The molecule has 0 amide bonds. The van der Waals surface area contributed by atoms with Crippen LogP contribution in [0.4, 0.5) is 0 Å². The monoisotopic (exact) mass is 198 g/mol. The maximum absolute atomic E-state index is 5.78. The molecule has 1 aromatic rings. The van der Waals surface area contributed by atoms with E-state index >= 15 is 0 Å². The summed E-state index contributed by atoms with van der Waals surface area (Å²) in [6, 6.07) is 0. The van der Waals surface area contributed by atoms with E-state index in [1.54, 1.807) is 0 Å². The normalized spacial score (nSPS) is 32.2. The minimum atomic E-state index is -0.502. The summed E-state index contributed by atoms with van der Waals surface area (Å²) in [4.78, 5) is 4.12. The van der Waals surface area contributed by atoms with Gasteiger partial charge in [-0.25, -0.2) is 4.98 Å². The van der Waals surface area contributed by atoms with Crippen molar-refractivity contribution in [3.63, 3.8) is 0 Å². The topological polar surface area (TPSA) is 31.4 Å². The predicted octanol–water partition coefficient (Wildman–Crippen LogP) is 1.94. The molecule has 4 heteroatoms. The predicted molar refractivity (Wildman–Crippen MR) is 49.4 cm³/mol. The molecule has 71 valence electrons. The highest BCUT2D eigenvalue weighted by Crippen LogP contribution is 2.37. The summed E-state index contributed by atoms with van der Waals surface area (Å²) in [7, 11) is 0. The van der Waals surface area contributed by atoms with Crippen molar-refractivity contribution >= 4 is 11.3 Å².